The second kappa shape index (κ2) is 8.86. The molecule has 4 aromatic rings. The average Bonchev–Trinajstić information content (AvgIpc) is 3.23. The van der Waals surface area contributed by atoms with Gasteiger partial charge in [-0.3, -0.25) is 9.78 Å². The quantitative estimate of drug-likeness (QED) is 0.410. The summed E-state index contributed by atoms with van der Waals surface area (Å²) in [6.45, 7) is -0.00962. The molecule has 0 spiro atoms. The Kier molecular flexibility index (Phi) is 5.60. The monoisotopic (exact) mass is 442 g/mol. The van der Waals surface area contributed by atoms with Crippen molar-refractivity contribution in [3.63, 3.8) is 0 Å². The highest BCUT2D eigenvalue weighted by Crippen LogP contribution is 2.25. The summed E-state index contributed by atoms with van der Waals surface area (Å²) in [6, 6.07) is 15.6. The molecule has 2 heterocycles. The number of halogens is 2. The van der Waals surface area contributed by atoms with Gasteiger partial charge in [0.05, 0.1) is 0 Å². The first-order chi connectivity index (χ1) is 16.0. The van der Waals surface area contributed by atoms with Crippen LogP contribution in [0.5, 0.6) is 0 Å². The van der Waals surface area contributed by atoms with Crippen LogP contribution in [0, 0.1) is 11.6 Å². The molecule has 33 heavy (non-hydrogen) atoms. The molecule has 0 bridgehead atoms. The molecule has 0 fully saturated rings. The third kappa shape index (κ3) is 4.62. The van der Waals surface area contributed by atoms with E-state index in [9.17, 15) is 13.6 Å². The van der Waals surface area contributed by atoms with Gasteiger partial charge in [0, 0.05) is 23.0 Å². The molecule has 0 unspecified atom stereocenters. The second-order valence-electron chi connectivity index (χ2n) is 7.99. The normalized spacial score (nSPS) is 14.3. The summed E-state index contributed by atoms with van der Waals surface area (Å²) in [5.41, 5.74) is 4.55. The molecule has 0 N–H and O–H groups in total. The van der Waals surface area contributed by atoms with Crippen molar-refractivity contribution < 1.29 is 13.6 Å². The number of rotatable bonds is 5. The van der Waals surface area contributed by atoms with Crippen LogP contribution in [0.2, 0.25) is 0 Å². The molecule has 0 saturated heterocycles. The van der Waals surface area contributed by atoms with Crippen molar-refractivity contribution >= 4 is 5.78 Å². The highest BCUT2D eigenvalue weighted by Gasteiger charge is 2.18. The van der Waals surface area contributed by atoms with E-state index in [0.717, 1.165) is 29.7 Å². The Labute approximate surface area is 189 Å². The lowest BCUT2D eigenvalue weighted by atomic mass is 9.91. The van der Waals surface area contributed by atoms with Crippen molar-refractivity contribution in [3.05, 3.63) is 101 Å². The number of nitrogens with zero attached hydrogens (tertiary/aromatic N) is 4. The maximum atomic E-state index is 13.4. The standard InChI is InChI=1S/C26H20F2N4O/c27-21-8-4-18(5-9-21)25-30-26(19-6-10-22(28)11-7-19)32(31-25)16-23(33)15-17-3-12-24-20(14-17)2-1-13-29-24/h1-2,4-11,13,15H,3,12,14,16H2/b17-15-. The molecular formula is C26H20F2N4O. The zero-order valence-corrected chi connectivity index (χ0v) is 17.7. The minimum absolute atomic E-state index is 0.00962. The molecule has 0 saturated carbocycles. The molecule has 0 amide bonds. The van der Waals surface area contributed by atoms with E-state index < -0.39 is 0 Å². The molecule has 0 radical (unpaired) electrons. The number of hydrogen-bond donors (Lipinski definition) is 0. The Bertz CT molecular complexity index is 1340. The zero-order chi connectivity index (χ0) is 22.8. The summed E-state index contributed by atoms with van der Waals surface area (Å²) in [5, 5.41) is 4.51. The molecule has 164 valence electrons. The maximum Gasteiger partial charge on any atom is 0.181 e. The Morgan fingerprint density at radius 2 is 1.64 bits per heavy atom. The van der Waals surface area contributed by atoms with Crippen molar-refractivity contribution in [1.29, 1.82) is 0 Å². The highest BCUT2D eigenvalue weighted by atomic mass is 19.1. The van der Waals surface area contributed by atoms with Crippen molar-refractivity contribution in [2.45, 2.75) is 25.8 Å². The summed E-state index contributed by atoms with van der Waals surface area (Å²) in [5.74, 6) is -0.0116. The van der Waals surface area contributed by atoms with Gasteiger partial charge in [0.1, 0.15) is 18.2 Å². The molecular weight excluding hydrogens is 422 g/mol. The lowest BCUT2D eigenvalue weighted by molar-refractivity contribution is -0.115. The highest BCUT2D eigenvalue weighted by molar-refractivity contribution is 5.90. The van der Waals surface area contributed by atoms with Gasteiger partial charge in [0.15, 0.2) is 17.4 Å². The van der Waals surface area contributed by atoms with Crippen LogP contribution < -0.4 is 0 Å². The third-order valence-corrected chi connectivity index (χ3v) is 5.63. The molecule has 0 aliphatic heterocycles. The number of allylic oxidation sites excluding steroid dienone is 2. The molecule has 2 aromatic heterocycles. The third-order valence-electron chi connectivity index (χ3n) is 5.63. The smallest absolute Gasteiger partial charge is 0.181 e. The number of pyridine rings is 1. The van der Waals surface area contributed by atoms with Gasteiger partial charge < -0.3 is 0 Å². The fourth-order valence-electron chi connectivity index (χ4n) is 4.00. The van der Waals surface area contributed by atoms with Crippen molar-refractivity contribution in [2.24, 2.45) is 0 Å². The number of carbonyl (C=O) groups is 1. The minimum Gasteiger partial charge on any atom is -0.293 e. The Hall–Kier alpha value is -4.00. The first-order valence-corrected chi connectivity index (χ1v) is 10.7. The Morgan fingerprint density at radius 3 is 2.36 bits per heavy atom. The van der Waals surface area contributed by atoms with E-state index in [1.54, 1.807) is 36.5 Å². The maximum absolute atomic E-state index is 13.4. The number of carbonyl (C=O) groups excluding carboxylic acids is 1. The van der Waals surface area contributed by atoms with E-state index in [4.69, 9.17) is 0 Å². The SMILES string of the molecule is O=C(/C=C1/CCc2ncccc2C1)Cn1nc(-c2ccc(F)cc2)nc1-c1ccc(F)cc1. The van der Waals surface area contributed by atoms with Crippen LogP contribution in [0.3, 0.4) is 0 Å². The second-order valence-corrected chi connectivity index (χ2v) is 7.99. The molecule has 0 atom stereocenters. The van der Waals surface area contributed by atoms with E-state index in [1.165, 1.54) is 28.9 Å². The van der Waals surface area contributed by atoms with E-state index in [0.29, 0.717) is 29.2 Å². The Balaban J connectivity index is 1.44. The predicted molar refractivity (Wildman–Crippen MR) is 120 cm³/mol. The molecule has 2 aromatic carbocycles. The van der Waals surface area contributed by atoms with Crippen LogP contribution in [0.25, 0.3) is 22.8 Å². The van der Waals surface area contributed by atoms with Crippen LogP contribution in [-0.4, -0.2) is 25.5 Å². The summed E-state index contributed by atoms with van der Waals surface area (Å²) in [4.78, 5) is 21.9. The van der Waals surface area contributed by atoms with E-state index in [2.05, 4.69) is 15.1 Å². The molecule has 5 nitrogen and oxygen atoms in total. The number of aromatic nitrogens is 4. The minimum atomic E-state index is -0.364. The van der Waals surface area contributed by atoms with Gasteiger partial charge in [0.2, 0.25) is 0 Å². The van der Waals surface area contributed by atoms with Gasteiger partial charge in [-0.2, -0.15) is 0 Å². The van der Waals surface area contributed by atoms with Gasteiger partial charge in [-0.25, -0.2) is 18.4 Å². The largest absolute Gasteiger partial charge is 0.293 e. The fourth-order valence-corrected chi connectivity index (χ4v) is 4.00. The van der Waals surface area contributed by atoms with Crippen LogP contribution in [0.1, 0.15) is 17.7 Å². The summed E-state index contributed by atoms with van der Waals surface area (Å²) in [7, 11) is 0. The molecule has 7 heteroatoms. The topological polar surface area (TPSA) is 60.7 Å². The van der Waals surface area contributed by atoms with Crippen LogP contribution in [-0.2, 0) is 24.2 Å². The van der Waals surface area contributed by atoms with Crippen LogP contribution in [0.4, 0.5) is 8.78 Å². The van der Waals surface area contributed by atoms with Gasteiger partial charge in [-0.1, -0.05) is 11.6 Å². The van der Waals surface area contributed by atoms with E-state index in [-0.39, 0.29) is 24.0 Å². The lowest BCUT2D eigenvalue weighted by Gasteiger charge is -2.17. The van der Waals surface area contributed by atoms with Gasteiger partial charge in [0.25, 0.3) is 0 Å². The first kappa shape index (κ1) is 20.9. The lowest BCUT2D eigenvalue weighted by Crippen LogP contribution is -2.13. The number of ketones is 1. The van der Waals surface area contributed by atoms with Gasteiger partial charge >= 0.3 is 0 Å². The van der Waals surface area contributed by atoms with Crippen LogP contribution >= 0.6 is 0 Å². The summed E-state index contributed by atoms with van der Waals surface area (Å²) >= 11 is 0. The number of benzene rings is 2. The Morgan fingerprint density at radius 1 is 0.939 bits per heavy atom. The first-order valence-electron chi connectivity index (χ1n) is 10.7. The van der Waals surface area contributed by atoms with Crippen molar-refractivity contribution in [1.82, 2.24) is 19.7 Å². The van der Waals surface area contributed by atoms with Gasteiger partial charge in [-0.05, 0) is 85.5 Å². The van der Waals surface area contributed by atoms with E-state index in [1.807, 2.05) is 12.1 Å². The van der Waals surface area contributed by atoms with Gasteiger partial charge in [-0.15, -0.1) is 5.10 Å². The fraction of sp³-hybridized carbons (Fsp3) is 0.154. The molecule has 5 rings (SSSR count). The summed E-state index contributed by atoms with van der Waals surface area (Å²) in [6.07, 6.45) is 5.79. The van der Waals surface area contributed by atoms with Crippen LogP contribution in [0.15, 0.2) is 78.5 Å². The average molecular weight is 442 g/mol. The predicted octanol–water partition coefficient (Wildman–Crippen LogP) is 4.97. The number of aryl methyl sites for hydroxylation is 1. The number of hydrogen-bond acceptors (Lipinski definition) is 4. The molecule has 1 aliphatic rings. The zero-order valence-electron chi connectivity index (χ0n) is 17.7. The van der Waals surface area contributed by atoms with Crippen molar-refractivity contribution in [3.8, 4) is 22.8 Å². The summed E-state index contributed by atoms with van der Waals surface area (Å²) < 4.78 is 28.3. The molecule has 1 aliphatic carbocycles. The van der Waals surface area contributed by atoms with Crippen molar-refractivity contribution in [2.75, 3.05) is 0 Å². The van der Waals surface area contributed by atoms with E-state index >= 15 is 0 Å². The number of fused-ring (bicyclic) bond motifs is 1.